The zero-order valence-electron chi connectivity index (χ0n) is 15.2. The van der Waals surface area contributed by atoms with E-state index in [0.29, 0.717) is 11.6 Å². The maximum absolute atomic E-state index is 12.3. The molecule has 1 aliphatic rings. The topological polar surface area (TPSA) is 26.3 Å². The number of carbonyl (C=O) groups is 1. The Bertz CT molecular complexity index is 501. The van der Waals surface area contributed by atoms with Crippen LogP contribution in [0.2, 0.25) is 0 Å². The molecule has 2 rings (SSSR count). The first kappa shape index (κ1) is 18.0. The third kappa shape index (κ3) is 5.07. The number of aryl methyl sites for hydroxylation is 1. The second-order valence-corrected chi connectivity index (χ2v) is 7.52. The van der Waals surface area contributed by atoms with E-state index in [4.69, 9.17) is 4.74 Å². The first-order valence-electron chi connectivity index (χ1n) is 9.05. The molecule has 0 N–H and O–H groups in total. The van der Waals surface area contributed by atoms with E-state index in [-0.39, 0.29) is 12.1 Å². The number of likely N-dealkylation sites (N-methyl/N-ethyl adjacent to an activating group) is 1. The lowest BCUT2D eigenvalue weighted by atomic mass is 9.93. The number of quaternary nitrogens is 1. The molecule has 0 amide bonds. The molecule has 1 saturated carbocycles. The largest absolute Gasteiger partial charge is 0.453 e. The standard InChI is InChI=1S/C20H32NO2/c1-5-17-11-13-18(14-12-17)20(22)23-16(2)15-21(3,4)19-9-7-6-8-10-19/h11-14,16,19H,5-10,15H2,1-4H3/q+1. The van der Waals surface area contributed by atoms with Crippen molar-refractivity contribution in [1.82, 2.24) is 0 Å². The summed E-state index contributed by atoms with van der Waals surface area (Å²) in [6.45, 7) is 5.01. The van der Waals surface area contributed by atoms with Gasteiger partial charge < -0.3 is 9.22 Å². The van der Waals surface area contributed by atoms with Gasteiger partial charge in [-0.05, 0) is 56.7 Å². The zero-order chi connectivity index (χ0) is 16.9. The number of esters is 1. The number of hydrogen-bond acceptors (Lipinski definition) is 2. The molecule has 1 atom stereocenters. The molecule has 23 heavy (non-hydrogen) atoms. The molecule has 1 fully saturated rings. The quantitative estimate of drug-likeness (QED) is 0.580. The van der Waals surface area contributed by atoms with Gasteiger partial charge in [0.25, 0.3) is 0 Å². The summed E-state index contributed by atoms with van der Waals surface area (Å²) in [7, 11) is 4.55. The van der Waals surface area contributed by atoms with Gasteiger partial charge in [-0.15, -0.1) is 0 Å². The van der Waals surface area contributed by atoms with Crippen LogP contribution in [0.5, 0.6) is 0 Å². The van der Waals surface area contributed by atoms with Crippen molar-refractivity contribution in [3.8, 4) is 0 Å². The van der Waals surface area contributed by atoms with Gasteiger partial charge in [0.15, 0.2) is 0 Å². The lowest BCUT2D eigenvalue weighted by Crippen LogP contribution is -2.53. The Labute approximate surface area is 141 Å². The van der Waals surface area contributed by atoms with Crippen molar-refractivity contribution in [3.63, 3.8) is 0 Å². The first-order chi connectivity index (χ1) is 10.9. The number of rotatable bonds is 6. The Morgan fingerprint density at radius 1 is 1.17 bits per heavy atom. The molecule has 1 aliphatic carbocycles. The monoisotopic (exact) mass is 318 g/mol. The molecule has 1 aromatic carbocycles. The maximum atomic E-state index is 12.3. The Morgan fingerprint density at radius 3 is 2.35 bits per heavy atom. The van der Waals surface area contributed by atoms with Crippen LogP contribution in [0.1, 0.15) is 61.9 Å². The molecule has 0 spiro atoms. The van der Waals surface area contributed by atoms with Crippen molar-refractivity contribution in [2.45, 2.75) is 64.5 Å². The highest BCUT2D eigenvalue weighted by Crippen LogP contribution is 2.26. The molecule has 1 unspecified atom stereocenters. The van der Waals surface area contributed by atoms with Gasteiger partial charge in [-0.2, -0.15) is 0 Å². The van der Waals surface area contributed by atoms with E-state index in [1.54, 1.807) is 0 Å². The summed E-state index contributed by atoms with van der Waals surface area (Å²) in [5, 5.41) is 0. The Kier molecular flexibility index (Phi) is 6.23. The van der Waals surface area contributed by atoms with Crippen LogP contribution < -0.4 is 0 Å². The predicted octanol–water partition coefficient (Wildman–Crippen LogP) is 4.20. The van der Waals surface area contributed by atoms with E-state index in [1.807, 2.05) is 31.2 Å². The summed E-state index contributed by atoms with van der Waals surface area (Å²) in [6, 6.07) is 8.45. The van der Waals surface area contributed by atoms with Crippen LogP contribution in [-0.2, 0) is 11.2 Å². The number of hydrogen-bond donors (Lipinski definition) is 0. The van der Waals surface area contributed by atoms with E-state index >= 15 is 0 Å². The van der Waals surface area contributed by atoms with Crippen LogP contribution >= 0.6 is 0 Å². The summed E-state index contributed by atoms with van der Waals surface area (Å²) < 4.78 is 6.63. The van der Waals surface area contributed by atoms with Gasteiger partial charge in [0.1, 0.15) is 12.6 Å². The molecular weight excluding hydrogens is 286 g/mol. The lowest BCUT2D eigenvalue weighted by Gasteiger charge is -2.41. The molecule has 0 aliphatic heterocycles. The fraction of sp³-hybridized carbons (Fsp3) is 0.650. The molecule has 0 saturated heterocycles. The van der Waals surface area contributed by atoms with Crippen molar-refractivity contribution in [3.05, 3.63) is 35.4 Å². The highest BCUT2D eigenvalue weighted by atomic mass is 16.5. The van der Waals surface area contributed by atoms with Crippen LogP contribution in [0, 0.1) is 0 Å². The van der Waals surface area contributed by atoms with Crippen molar-refractivity contribution < 1.29 is 14.0 Å². The Morgan fingerprint density at radius 2 is 1.78 bits per heavy atom. The van der Waals surface area contributed by atoms with Gasteiger partial charge >= 0.3 is 5.97 Å². The summed E-state index contributed by atoms with van der Waals surface area (Å²) in [5.41, 5.74) is 1.89. The van der Waals surface area contributed by atoms with Gasteiger partial charge in [0, 0.05) is 0 Å². The van der Waals surface area contributed by atoms with Crippen LogP contribution in [-0.4, -0.2) is 43.2 Å². The normalized spacial score (nSPS) is 17.7. The van der Waals surface area contributed by atoms with Gasteiger partial charge in [-0.25, -0.2) is 4.79 Å². The molecule has 0 radical (unpaired) electrons. The van der Waals surface area contributed by atoms with Gasteiger partial charge in [-0.1, -0.05) is 25.5 Å². The number of nitrogens with zero attached hydrogens (tertiary/aromatic N) is 1. The third-order valence-electron chi connectivity index (χ3n) is 5.20. The third-order valence-corrected chi connectivity index (χ3v) is 5.20. The maximum Gasteiger partial charge on any atom is 0.338 e. The van der Waals surface area contributed by atoms with Crippen molar-refractivity contribution in [1.29, 1.82) is 0 Å². The molecule has 0 aromatic heterocycles. The Hall–Kier alpha value is -1.35. The fourth-order valence-electron chi connectivity index (χ4n) is 3.76. The minimum absolute atomic E-state index is 0.0646. The number of carbonyl (C=O) groups excluding carboxylic acids is 1. The van der Waals surface area contributed by atoms with Gasteiger partial charge in [0.2, 0.25) is 0 Å². The summed E-state index contributed by atoms with van der Waals surface area (Å²) in [4.78, 5) is 12.3. The molecule has 1 aromatic rings. The predicted molar refractivity (Wildman–Crippen MR) is 94.5 cm³/mol. The second kappa shape index (κ2) is 7.96. The SMILES string of the molecule is CCc1ccc(C(=O)OC(C)C[N+](C)(C)C2CCCCC2)cc1. The summed E-state index contributed by atoms with van der Waals surface area (Å²) >= 11 is 0. The van der Waals surface area contributed by atoms with Gasteiger partial charge in [0.05, 0.1) is 25.7 Å². The molecule has 0 heterocycles. The molecule has 128 valence electrons. The average Bonchev–Trinajstić information content (AvgIpc) is 2.55. The highest BCUT2D eigenvalue weighted by Gasteiger charge is 2.32. The average molecular weight is 318 g/mol. The lowest BCUT2D eigenvalue weighted by molar-refractivity contribution is -0.918. The van der Waals surface area contributed by atoms with Crippen molar-refractivity contribution in [2.24, 2.45) is 0 Å². The minimum Gasteiger partial charge on any atom is -0.453 e. The van der Waals surface area contributed by atoms with E-state index in [0.717, 1.165) is 17.4 Å². The van der Waals surface area contributed by atoms with Crippen molar-refractivity contribution >= 4 is 5.97 Å². The van der Waals surface area contributed by atoms with E-state index < -0.39 is 0 Å². The van der Waals surface area contributed by atoms with Crippen LogP contribution in [0.15, 0.2) is 24.3 Å². The number of ether oxygens (including phenoxy) is 1. The van der Waals surface area contributed by atoms with Crippen molar-refractivity contribution in [2.75, 3.05) is 20.6 Å². The van der Waals surface area contributed by atoms with Gasteiger partial charge in [-0.3, -0.25) is 0 Å². The summed E-state index contributed by atoms with van der Waals surface area (Å²) in [6.07, 6.45) is 7.56. The Balaban J connectivity index is 1.89. The molecular formula is C20H32NO2+. The summed E-state index contributed by atoms with van der Waals surface area (Å²) in [5.74, 6) is -0.205. The van der Waals surface area contributed by atoms with Crippen LogP contribution in [0.25, 0.3) is 0 Å². The number of benzene rings is 1. The van der Waals surface area contributed by atoms with Crippen LogP contribution in [0.3, 0.4) is 0 Å². The van der Waals surface area contributed by atoms with E-state index in [9.17, 15) is 4.79 Å². The molecule has 0 bridgehead atoms. The molecule has 3 nitrogen and oxygen atoms in total. The van der Waals surface area contributed by atoms with Crippen LogP contribution in [0.4, 0.5) is 0 Å². The van der Waals surface area contributed by atoms with E-state index in [1.165, 1.54) is 37.7 Å². The fourth-order valence-corrected chi connectivity index (χ4v) is 3.76. The van der Waals surface area contributed by atoms with E-state index in [2.05, 4.69) is 21.0 Å². The minimum atomic E-state index is -0.205. The zero-order valence-corrected chi connectivity index (χ0v) is 15.2. The highest BCUT2D eigenvalue weighted by molar-refractivity contribution is 5.89. The second-order valence-electron chi connectivity index (χ2n) is 7.52. The first-order valence-corrected chi connectivity index (χ1v) is 9.05. The molecule has 3 heteroatoms. The smallest absolute Gasteiger partial charge is 0.338 e.